The van der Waals surface area contributed by atoms with Crippen LogP contribution in [0.5, 0.6) is 5.75 Å². The van der Waals surface area contributed by atoms with Crippen molar-refractivity contribution in [2.45, 2.75) is 19.4 Å². The third-order valence-corrected chi connectivity index (χ3v) is 3.77. The SMILES string of the molecule is CC[C@H](NC(=O)c1cc(-n2cnnn2)ccc1O)c1ccnn1C. The zero-order chi connectivity index (χ0) is 17.1. The van der Waals surface area contributed by atoms with Crippen LogP contribution in [0.2, 0.25) is 0 Å². The van der Waals surface area contributed by atoms with Crippen molar-refractivity contribution < 1.29 is 9.90 Å². The first kappa shape index (κ1) is 15.7. The Morgan fingerprint density at radius 3 is 2.83 bits per heavy atom. The quantitative estimate of drug-likeness (QED) is 0.723. The van der Waals surface area contributed by atoms with Crippen LogP contribution in [0, 0.1) is 0 Å². The molecule has 0 saturated heterocycles. The van der Waals surface area contributed by atoms with Crippen LogP contribution in [-0.4, -0.2) is 41.0 Å². The molecule has 0 fully saturated rings. The van der Waals surface area contributed by atoms with Gasteiger partial charge in [-0.05, 0) is 41.1 Å². The number of hydrogen-bond acceptors (Lipinski definition) is 6. The first-order valence-corrected chi connectivity index (χ1v) is 7.45. The van der Waals surface area contributed by atoms with Gasteiger partial charge in [-0.1, -0.05) is 6.92 Å². The predicted molar refractivity (Wildman–Crippen MR) is 84.5 cm³/mol. The highest BCUT2D eigenvalue weighted by atomic mass is 16.3. The molecule has 9 heteroatoms. The third-order valence-electron chi connectivity index (χ3n) is 3.77. The number of phenols is 1. The summed E-state index contributed by atoms with van der Waals surface area (Å²) in [5.74, 6) is -0.486. The molecule has 0 aliphatic rings. The van der Waals surface area contributed by atoms with Gasteiger partial charge in [0.2, 0.25) is 0 Å². The fourth-order valence-electron chi connectivity index (χ4n) is 2.48. The van der Waals surface area contributed by atoms with Gasteiger partial charge in [0.15, 0.2) is 0 Å². The number of tetrazole rings is 1. The summed E-state index contributed by atoms with van der Waals surface area (Å²) >= 11 is 0. The zero-order valence-electron chi connectivity index (χ0n) is 13.3. The molecule has 0 bridgehead atoms. The molecule has 9 nitrogen and oxygen atoms in total. The number of carbonyl (C=O) groups is 1. The summed E-state index contributed by atoms with van der Waals surface area (Å²) in [5.41, 5.74) is 1.63. The van der Waals surface area contributed by atoms with Crippen molar-refractivity contribution in [1.29, 1.82) is 0 Å². The maximum absolute atomic E-state index is 12.6. The van der Waals surface area contributed by atoms with Gasteiger partial charge < -0.3 is 10.4 Å². The molecule has 0 aliphatic carbocycles. The molecule has 3 aromatic rings. The molecule has 2 aromatic heterocycles. The summed E-state index contributed by atoms with van der Waals surface area (Å²) in [7, 11) is 1.82. The van der Waals surface area contributed by atoms with Gasteiger partial charge in [-0.25, -0.2) is 4.68 Å². The lowest BCUT2D eigenvalue weighted by Crippen LogP contribution is -2.29. The van der Waals surface area contributed by atoms with E-state index >= 15 is 0 Å². The number of amides is 1. The Morgan fingerprint density at radius 2 is 2.21 bits per heavy atom. The van der Waals surface area contributed by atoms with E-state index in [1.807, 2.05) is 20.0 Å². The molecular formula is C15H17N7O2. The number of aromatic hydroxyl groups is 1. The van der Waals surface area contributed by atoms with E-state index in [1.165, 1.54) is 23.1 Å². The van der Waals surface area contributed by atoms with Gasteiger partial charge in [-0.15, -0.1) is 5.10 Å². The number of phenolic OH excluding ortho intramolecular Hbond substituents is 1. The minimum absolute atomic E-state index is 0.107. The molecular weight excluding hydrogens is 310 g/mol. The molecule has 3 rings (SSSR count). The Labute approximate surface area is 137 Å². The van der Waals surface area contributed by atoms with Crippen molar-refractivity contribution in [1.82, 2.24) is 35.3 Å². The lowest BCUT2D eigenvalue weighted by molar-refractivity contribution is 0.0931. The minimum atomic E-state index is -0.379. The zero-order valence-corrected chi connectivity index (χ0v) is 13.3. The summed E-state index contributed by atoms with van der Waals surface area (Å²) in [6.45, 7) is 1.97. The molecule has 0 aliphatic heterocycles. The summed E-state index contributed by atoms with van der Waals surface area (Å²) < 4.78 is 3.13. The van der Waals surface area contributed by atoms with Gasteiger partial charge in [-0.2, -0.15) is 5.10 Å². The second-order valence-electron chi connectivity index (χ2n) is 5.27. The number of rotatable bonds is 5. The van der Waals surface area contributed by atoms with Crippen molar-refractivity contribution >= 4 is 5.91 Å². The van der Waals surface area contributed by atoms with Gasteiger partial charge in [0.25, 0.3) is 5.91 Å². The number of aromatic nitrogens is 6. The van der Waals surface area contributed by atoms with Crippen LogP contribution in [0.25, 0.3) is 5.69 Å². The fraction of sp³-hybridized carbons (Fsp3) is 0.267. The number of benzene rings is 1. The lowest BCUT2D eigenvalue weighted by atomic mass is 10.1. The van der Waals surface area contributed by atoms with E-state index < -0.39 is 0 Å². The van der Waals surface area contributed by atoms with Crippen molar-refractivity contribution in [3.8, 4) is 11.4 Å². The Bertz CT molecular complexity index is 841. The average Bonchev–Trinajstić information content (AvgIpc) is 3.24. The highest BCUT2D eigenvalue weighted by Gasteiger charge is 2.19. The van der Waals surface area contributed by atoms with Gasteiger partial charge in [0.1, 0.15) is 12.1 Å². The van der Waals surface area contributed by atoms with Crippen LogP contribution in [0.3, 0.4) is 0 Å². The second-order valence-corrected chi connectivity index (χ2v) is 5.27. The van der Waals surface area contributed by atoms with E-state index in [1.54, 1.807) is 16.9 Å². The van der Waals surface area contributed by atoms with Crippen LogP contribution < -0.4 is 5.32 Å². The van der Waals surface area contributed by atoms with Gasteiger partial charge in [0.05, 0.1) is 23.0 Å². The van der Waals surface area contributed by atoms with E-state index in [9.17, 15) is 9.90 Å². The molecule has 2 N–H and O–H groups in total. The number of nitrogens with one attached hydrogen (secondary N) is 1. The number of hydrogen-bond donors (Lipinski definition) is 2. The largest absolute Gasteiger partial charge is 0.507 e. The standard InChI is InChI=1S/C15H17N7O2/c1-3-12(13-6-7-17-21(13)2)18-15(24)11-8-10(4-5-14(11)23)22-9-16-19-20-22/h4-9,12,23H,3H2,1-2H3,(H,18,24)/t12-/m0/s1. The highest BCUT2D eigenvalue weighted by molar-refractivity contribution is 5.97. The summed E-state index contributed by atoms with van der Waals surface area (Å²) in [6, 6.07) is 6.25. The first-order valence-electron chi connectivity index (χ1n) is 7.45. The Hall–Kier alpha value is -3.23. The monoisotopic (exact) mass is 327 g/mol. The normalized spacial score (nSPS) is 12.1. The maximum atomic E-state index is 12.6. The molecule has 2 heterocycles. The summed E-state index contributed by atoms with van der Waals surface area (Å²) in [5, 5.41) is 28.0. The Morgan fingerprint density at radius 1 is 1.38 bits per heavy atom. The Balaban J connectivity index is 1.87. The number of nitrogens with zero attached hydrogens (tertiary/aromatic N) is 6. The van der Waals surface area contributed by atoms with Crippen molar-refractivity contribution in [2.24, 2.45) is 7.05 Å². The van der Waals surface area contributed by atoms with E-state index in [4.69, 9.17) is 0 Å². The molecule has 0 saturated carbocycles. The van der Waals surface area contributed by atoms with Crippen LogP contribution >= 0.6 is 0 Å². The second kappa shape index (κ2) is 6.49. The fourth-order valence-corrected chi connectivity index (χ4v) is 2.48. The Kier molecular flexibility index (Phi) is 4.23. The van der Waals surface area contributed by atoms with E-state index in [-0.39, 0.29) is 23.3 Å². The van der Waals surface area contributed by atoms with Crippen LogP contribution in [0.15, 0.2) is 36.8 Å². The van der Waals surface area contributed by atoms with Gasteiger partial charge in [0, 0.05) is 13.2 Å². The average molecular weight is 327 g/mol. The third kappa shape index (κ3) is 2.96. The van der Waals surface area contributed by atoms with Gasteiger partial charge in [-0.3, -0.25) is 9.48 Å². The number of carbonyl (C=O) groups excluding carboxylic acids is 1. The predicted octanol–water partition coefficient (Wildman–Crippen LogP) is 0.982. The summed E-state index contributed by atoms with van der Waals surface area (Å²) in [6.07, 6.45) is 3.79. The molecule has 1 amide bonds. The molecule has 124 valence electrons. The van der Waals surface area contributed by atoms with E-state index in [2.05, 4.69) is 25.9 Å². The molecule has 1 atom stereocenters. The van der Waals surface area contributed by atoms with Gasteiger partial charge >= 0.3 is 0 Å². The van der Waals surface area contributed by atoms with E-state index in [0.29, 0.717) is 12.1 Å². The molecule has 24 heavy (non-hydrogen) atoms. The number of aryl methyl sites for hydroxylation is 1. The maximum Gasteiger partial charge on any atom is 0.255 e. The van der Waals surface area contributed by atoms with E-state index in [0.717, 1.165) is 5.69 Å². The van der Waals surface area contributed by atoms with Crippen molar-refractivity contribution in [3.63, 3.8) is 0 Å². The minimum Gasteiger partial charge on any atom is -0.507 e. The molecule has 0 unspecified atom stereocenters. The summed E-state index contributed by atoms with van der Waals surface area (Å²) in [4.78, 5) is 12.6. The van der Waals surface area contributed by atoms with Crippen molar-refractivity contribution in [3.05, 3.63) is 48.0 Å². The van der Waals surface area contributed by atoms with Crippen LogP contribution in [-0.2, 0) is 7.05 Å². The van der Waals surface area contributed by atoms with Crippen molar-refractivity contribution in [2.75, 3.05) is 0 Å². The molecule has 0 spiro atoms. The smallest absolute Gasteiger partial charge is 0.255 e. The highest BCUT2D eigenvalue weighted by Crippen LogP contribution is 2.22. The lowest BCUT2D eigenvalue weighted by Gasteiger charge is -2.18. The molecule has 0 radical (unpaired) electrons. The topological polar surface area (TPSA) is 111 Å². The first-order chi connectivity index (χ1) is 11.6. The van der Waals surface area contributed by atoms with Crippen LogP contribution in [0.4, 0.5) is 0 Å². The van der Waals surface area contributed by atoms with Crippen LogP contribution in [0.1, 0.15) is 35.4 Å². The molecule has 1 aromatic carbocycles.